The fourth-order valence-corrected chi connectivity index (χ4v) is 4.84. The second-order valence-corrected chi connectivity index (χ2v) is 9.37. The highest BCUT2D eigenvalue weighted by Gasteiger charge is 2.30. The van der Waals surface area contributed by atoms with E-state index in [0.717, 1.165) is 31.6 Å². The highest BCUT2D eigenvalue weighted by atomic mass is 32.1. The van der Waals surface area contributed by atoms with Crippen molar-refractivity contribution < 1.29 is 19.2 Å². The lowest BCUT2D eigenvalue weighted by Crippen LogP contribution is -3.11. The van der Waals surface area contributed by atoms with E-state index in [1.807, 2.05) is 24.3 Å². The lowest BCUT2D eigenvalue weighted by Gasteiger charge is -2.22. The van der Waals surface area contributed by atoms with Crippen molar-refractivity contribution in [3.63, 3.8) is 0 Å². The van der Waals surface area contributed by atoms with E-state index in [9.17, 15) is 9.59 Å². The molecule has 0 spiro atoms. The van der Waals surface area contributed by atoms with Crippen molar-refractivity contribution in [3.8, 4) is 0 Å². The lowest BCUT2D eigenvalue weighted by molar-refractivity contribution is -0.913. The van der Waals surface area contributed by atoms with Gasteiger partial charge in [0, 0.05) is 12.0 Å². The van der Waals surface area contributed by atoms with Crippen LogP contribution in [-0.2, 0) is 23.1 Å². The van der Waals surface area contributed by atoms with Crippen molar-refractivity contribution in [1.29, 1.82) is 0 Å². The largest absolute Gasteiger partial charge is 0.465 e. The van der Waals surface area contributed by atoms with Crippen molar-refractivity contribution in [2.75, 3.05) is 25.5 Å². The average molecular weight is 402 g/mol. The van der Waals surface area contributed by atoms with Gasteiger partial charge in [0.25, 0.3) is 5.91 Å². The van der Waals surface area contributed by atoms with E-state index in [1.165, 1.54) is 33.8 Å². The Labute approximate surface area is 170 Å². The van der Waals surface area contributed by atoms with Gasteiger partial charge in [-0.3, -0.25) is 4.79 Å². The molecule has 1 aliphatic heterocycles. The summed E-state index contributed by atoms with van der Waals surface area (Å²) in [6.45, 7) is 11.5. The van der Waals surface area contributed by atoms with Crippen LogP contribution in [0.5, 0.6) is 0 Å². The Morgan fingerprint density at radius 2 is 1.89 bits per heavy atom. The first kappa shape index (κ1) is 20.6. The van der Waals surface area contributed by atoms with Gasteiger partial charge in [-0.05, 0) is 35.6 Å². The van der Waals surface area contributed by atoms with Crippen molar-refractivity contribution in [2.45, 2.75) is 46.1 Å². The van der Waals surface area contributed by atoms with Crippen molar-refractivity contribution in [1.82, 2.24) is 0 Å². The molecule has 0 bridgehead atoms. The van der Waals surface area contributed by atoms with Gasteiger partial charge in [0.2, 0.25) is 0 Å². The number of benzene rings is 1. The number of ether oxygens (including phenoxy) is 1. The Kier molecular flexibility index (Phi) is 5.91. The molecule has 2 heterocycles. The van der Waals surface area contributed by atoms with E-state index in [-0.39, 0.29) is 17.3 Å². The summed E-state index contributed by atoms with van der Waals surface area (Å²) >= 11 is 1.50. The molecule has 3 rings (SSSR count). The lowest BCUT2D eigenvalue weighted by atomic mass is 9.87. The maximum atomic E-state index is 12.8. The molecule has 1 amide bonds. The number of carbonyl (C=O) groups is 2. The normalized spacial score (nSPS) is 16.4. The summed E-state index contributed by atoms with van der Waals surface area (Å²) in [6.07, 6.45) is 0.829. The van der Waals surface area contributed by atoms with Gasteiger partial charge in [0.05, 0.1) is 30.6 Å². The van der Waals surface area contributed by atoms with Crippen LogP contribution in [0.1, 0.15) is 64.4 Å². The highest BCUT2D eigenvalue weighted by molar-refractivity contribution is 7.17. The minimum absolute atomic E-state index is 0.0351. The molecule has 2 aromatic rings. The average Bonchev–Trinajstić information content (AvgIpc) is 3.03. The zero-order chi connectivity index (χ0) is 20.5. The Bertz CT molecular complexity index is 878. The number of amides is 1. The minimum atomic E-state index is -0.379. The molecule has 1 aliphatic rings. The zero-order valence-electron chi connectivity index (χ0n) is 17.3. The van der Waals surface area contributed by atoms with Crippen LogP contribution in [0.15, 0.2) is 24.3 Å². The Hall–Kier alpha value is -2.18. The number of carbonyl (C=O) groups excluding carboxylic acids is 2. The van der Waals surface area contributed by atoms with Crippen LogP contribution < -0.4 is 10.2 Å². The summed E-state index contributed by atoms with van der Waals surface area (Å²) in [6, 6.07) is 7.64. The smallest absolute Gasteiger partial charge is 0.341 e. The highest BCUT2D eigenvalue weighted by Crippen LogP contribution is 2.35. The quantitative estimate of drug-likeness (QED) is 0.774. The first-order valence-electron chi connectivity index (χ1n) is 9.73. The van der Waals surface area contributed by atoms with Crippen LogP contribution in [0, 0.1) is 0 Å². The summed E-state index contributed by atoms with van der Waals surface area (Å²) in [7, 11) is 1.38. The second-order valence-electron chi connectivity index (χ2n) is 8.26. The number of esters is 1. The van der Waals surface area contributed by atoms with Crippen LogP contribution in [0.4, 0.5) is 5.00 Å². The number of thiophene rings is 1. The topological polar surface area (TPSA) is 59.8 Å². The number of rotatable bonds is 4. The van der Waals surface area contributed by atoms with E-state index >= 15 is 0 Å². The molecule has 2 N–H and O–H groups in total. The molecule has 6 heteroatoms. The maximum absolute atomic E-state index is 12.8. The molecule has 1 aromatic heterocycles. The van der Waals surface area contributed by atoms with Gasteiger partial charge in [-0.1, -0.05) is 32.9 Å². The maximum Gasteiger partial charge on any atom is 0.341 e. The number of hydrogen-bond donors (Lipinski definition) is 2. The van der Waals surface area contributed by atoms with E-state index in [0.29, 0.717) is 16.1 Å². The standard InChI is InChI=1S/C22H28N2O3S/c1-6-24-12-11-16-17(13-24)28-20(18(16)21(26)27-5)23-19(25)14-7-9-15(10-8-14)22(2,3)4/h7-10H,6,11-13H2,1-5H3,(H,23,25)/p+1. The number of hydrogen-bond acceptors (Lipinski definition) is 4. The molecule has 1 aromatic carbocycles. The van der Waals surface area contributed by atoms with E-state index in [1.54, 1.807) is 0 Å². The Morgan fingerprint density at radius 1 is 1.21 bits per heavy atom. The second kappa shape index (κ2) is 8.05. The Balaban J connectivity index is 1.88. The molecular weight excluding hydrogens is 372 g/mol. The molecule has 0 radical (unpaired) electrons. The molecule has 0 aliphatic carbocycles. The molecule has 5 nitrogen and oxygen atoms in total. The molecule has 28 heavy (non-hydrogen) atoms. The van der Waals surface area contributed by atoms with Crippen molar-refractivity contribution in [3.05, 3.63) is 51.4 Å². The summed E-state index contributed by atoms with van der Waals surface area (Å²) in [4.78, 5) is 27.9. The van der Waals surface area contributed by atoms with Crippen LogP contribution >= 0.6 is 11.3 Å². The number of nitrogens with one attached hydrogen (secondary N) is 2. The summed E-state index contributed by atoms with van der Waals surface area (Å²) < 4.78 is 5.00. The third-order valence-corrected chi connectivity index (χ3v) is 6.51. The fourth-order valence-electron chi connectivity index (χ4n) is 3.54. The zero-order valence-corrected chi connectivity index (χ0v) is 18.1. The van der Waals surface area contributed by atoms with Crippen LogP contribution in [0.2, 0.25) is 0 Å². The molecule has 0 saturated heterocycles. The van der Waals surface area contributed by atoms with Crippen LogP contribution in [-0.4, -0.2) is 32.1 Å². The number of methoxy groups -OCH3 is 1. The molecule has 1 unspecified atom stereocenters. The molecular formula is C22H29N2O3S+. The fraction of sp³-hybridized carbons (Fsp3) is 0.455. The molecule has 1 atom stereocenters. The van der Waals surface area contributed by atoms with Gasteiger partial charge in [-0.25, -0.2) is 4.79 Å². The number of fused-ring (bicyclic) bond motifs is 1. The van der Waals surface area contributed by atoms with Crippen LogP contribution in [0.3, 0.4) is 0 Å². The number of anilines is 1. The Morgan fingerprint density at radius 3 is 2.46 bits per heavy atom. The number of likely N-dealkylation sites (N-methyl/N-ethyl adjacent to an activating group) is 1. The van der Waals surface area contributed by atoms with E-state index < -0.39 is 0 Å². The minimum Gasteiger partial charge on any atom is -0.465 e. The van der Waals surface area contributed by atoms with Crippen molar-refractivity contribution in [2.24, 2.45) is 0 Å². The third-order valence-electron chi connectivity index (χ3n) is 5.36. The van der Waals surface area contributed by atoms with Gasteiger partial charge in [-0.2, -0.15) is 0 Å². The van der Waals surface area contributed by atoms with E-state index in [2.05, 4.69) is 33.0 Å². The van der Waals surface area contributed by atoms with E-state index in [4.69, 9.17) is 4.74 Å². The SMILES string of the molecule is CC[NH+]1CCc2c(sc(NC(=O)c3ccc(C(C)(C)C)cc3)c2C(=O)OC)C1. The van der Waals surface area contributed by atoms with Gasteiger partial charge in [0.15, 0.2) is 0 Å². The third kappa shape index (κ3) is 4.13. The predicted molar refractivity (Wildman–Crippen MR) is 113 cm³/mol. The first-order chi connectivity index (χ1) is 13.2. The summed E-state index contributed by atoms with van der Waals surface area (Å²) in [5.74, 6) is -0.584. The number of quaternary nitrogens is 1. The molecule has 0 saturated carbocycles. The van der Waals surface area contributed by atoms with Crippen LogP contribution in [0.25, 0.3) is 0 Å². The molecule has 150 valence electrons. The predicted octanol–water partition coefficient (Wildman–Crippen LogP) is 3.05. The summed E-state index contributed by atoms with van der Waals surface area (Å²) in [5, 5.41) is 3.56. The summed E-state index contributed by atoms with van der Waals surface area (Å²) in [5.41, 5.74) is 3.35. The van der Waals surface area contributed by atoms with Gasteiger partial charge < -0.3 is 15.0 Å². The van der Waals surface area contributed by atoms with Gasteiger partial charge >= 0.3 is 5.97 Å². The first-order valence-corrected chi connectivity index (χ1v) is 10.5. The van der Waals surface area contributed by atoms with Crippen molar-refractivity contribution >= 4 is 28.2 Å². The molecule has 0 fully saturated rings. The van der Waals surface area contributed by atoms with Gasteiger partial charge in [-0.15, -0.1) is 11.3 Å². The monoisotopic (exact) mass is 401 g/mol. The van der Waals surface area contributed by atoms with Gasteiger partial charge in [0.1, 0.15) is 11.5 Å².